The van der Waals surface area contributed by atoms with Crippen molar-refractivity contribution in [3.8, 4) is 22.6 Å². The van der Waals surface area contributed by atoms with Gasteiger partial charge in [0.15, 0.2) is 17.3 Å². The molecule has 158 valence electrons. The van der Waals surface area contributed by atoms with Gasteiger partial charge in [-0.1, -0.05) is 58.4 Å². The molecule has 0 N–H and O–H groups in total. The number of fused-ring (bicyclic) bond motifs is 2. The number of aromatic nitrogens is 1. The Morgan fingerprint density at radius 2 is 1.75 bits per heavy atom. The summed E-state index contributed by atoms with van der Waals surface area (Å²) in [5.74, 6) is 1.33. The molecule has 0 fully saturated rings. The summed E-state index contributed by atoms with van der Waals surface area (Å²) in [5.41, 5.74) is 4.92. The second-order valence-corrected chi connectivity index (χ2v) is 8.49. The zero-order valence-corrected chi connectivity index (χ0v) is 19.1. The van der Waals surface area contributed by atoms with Gasteiger partial charge in [-0.05, 0) is 54.5 Å². The molecule has 4 nitrogen and oxygen atoms in total. The molecule has 0 atom stereocenters. The number of hydrogen-bond acceptors (Lipinski definition) is 4. The van der Waals surface area contributed by atoms with E-state index in [2.05, 4.69) is 15.9 Å². The molecule has 0 bridgehead atoms. The van der Waals surface area contributed by atoms with Crippen molar-refractivity contribution in [3.63, 3.8) is 0 Å². The van der Waals surface area contributed by atoms with E-state index in [1.807, 2.05) is 73.7 Å². The number of carbonyl (C=O) groups is 1. The van der Waals surface area contributed by atoms with Gasteiger partial charge in [0.2, 0.25) is 0 Å². The van der Waals surface area contributed by atoms with Gasteiger partial charge in [0, 0.05) is 21.1 Å². The maximum absolute atomic E-state index is 13.5. The molecule has 1 aromatic heterocycles. The minimum Gasteiger partial charge on any atom is -0.486 e. The number of halogens is 1. The molecule has 0 radical (unpaired) electrons. The van der Waals surface area contributed by atoms with Gasteiger partial charge in [-0.2, -0.15) is 0 Å². The van der Waals surface area contributed by atoms with Gasteiger partial charge in [0.1, 0.15) is 13.2 Å². The van der Waals surface area contributed by atoms with Crippen molar-refractivity contribution in [2.75, 3.05) is 13.2 Å². The Kier molecular flexibility index (Phi) is 5.50. The number of pyridine rings is 1. The zero-order chi connectivity index (χ0) is 22.1. The minimum absolute atomic E-state index is 0.0920. The second-order valence-electron chi connectivity index (χ2n) is 7.58. The first-order chi connectivity index (χ1) is 15.6. The number of benzene rings is 3. The van der Waals surface area contributed by atoms with Gasteiger partial charge < -0.3 is 9.47 Å². The van der Waals surface area contributed by atoms with Crippen LogP contribution < -0.4 is 9.47 Å². The van der Waals surface area contributed by atoms with Crippen LogP contribution in [0.5, 0.6) is 11.5 Å². The van der Waals surface area contributed by atoms with Gasteiger partial charge in [-0.25, -0.2) is 0 Å². The Balaban J connectivity index is 1.61. The maximum atomic E-state index is 13.5. The molecular weight excluding hydrogens is 466 g/mol. The number of allylic oxidation sites excluding steroid dienone is 1. The number of rotatable bonds is 4. The summed E-state index contributed by atoms with van der Waals surface area (Å²) < 4.78 is 12.2. The predicted molar refractivity (Wildman–Crippen MR) is 130 cm³/mol. The Hall–Kier alpha value is -3.44. The van der Waals surface area contributed by atoms with Crippen LogP contribution in [-0.4, -0.2) is 24.0 Å². The standard InChI is InChI=1S/C27H20BrNO3/c1-17-26(23(30)11-7-18-8-12-24-25(15-18)32-14-13-31-24)27(19-5-3-2-4-6-19)21-16-20(28)9-10-22(21)29-17/h2-12,15-16H,13-14H2,1H3. The molecule has 32 heavy (non-hydrogen) atoms. The molecule has 0 spiro atoms. The first kappa shape index (κ1) is 20.5. The fourth-order valence-electron chi connectivity index (χ4n) is 3.98. The highest BCUT2D eigenvalue weighted by atomic mass is 79.9. The summed E-state index contributed by atoms with van der Waals surface area (Å²) in [6.07, 6.45) is 3.41. The normalized spacial score (nSPS) is 12.9. The van der Waals surface area contributed by atoms with Crippen LogP contribution in [0.1, 0.15) is 21.6 Å². The number of ether oxygens (including phenoxy) is 2. The predicted octanol–water partition coefficient (Wildman–Crippen LogP) is 6.64. The number of ketones is 1. The average molecular weight is 486 g/mol. The first-order valence-electron chi connectivity index (χ1n) is 10.4. The molecule has 5 rings (SSSR count). The van der Waals surface area contributed by atoms with Crippen molar-refractivity contribution in [3.05, 3.63) is 94.1 Å². The van der Waals surface area contributed by atoms with E-state index in [1.165, 1.54) is 0 Å². The third-order valence-corrected chi connectivity index (χ3v) is 5.92. The van der Waals surface area contributed by atoms with Crippen LogP contribution in [0.25, 0.3) is 28.1 Å². The number of hydrogen-bond donors (Lipinski definition) is 0. The van der Waals surface area contributed by atoms with E-state index in [9.17, 15) is 4.79 Å². The lowest BCUT2D eigenvalue weighted by Crippen LogP contribution is -2.15. The van der Waals surface area contributed by atoms with Crippen molar-refractivity contribution in [2.45, 2.75) is 6.92 Å². The SMILES string of the molecule is Cc1nc2ccc(Br)cc2c(-c2ccccc2)c1C(=O)C=Cc1ccc2c(c1)OCCO2. The van der Waals surface area contributed by atoms with Crippen LogP contribution in [0.3, 0.4) is 0 Å². The Bertz CT molecular complexity index is 1360. The van der Waals surface area contributed by atoms with Gasteiger partial charge in [-0.3, -0.25) is 9.78 Å². The first-order valence-corrected chi connectivity index (χ1v) is 11.2. The Morgan fingerprint density at radius 3 is 2.56 bits per heavy atom. The van der Waals surface area contributed by atoms with Gasteiger partial charge in [0.05, 0.1) is 11.1 Å². The highest BCUT2D eigenvalue weighted by Gasteiger charge is 2.19. The molecule has 3 aromatic carbocycles. The molecule has 0 unspecified atom stereocenters. The molecule has 4 aromatic rings. The van der Waals surface area contributed by atoms with E-state index in [0.29, 0.717) is 30.2 Å². The molecule has 1 aliphatic heterocycles. The smallest absolute Gasteiger partial charge is 0.188 e. The average Bonchev–Trinajstić information content (AvgIpc) is 2.82. The van der Waals surface area contributed by atoms with Crippen LogP contribution in [-0.2, 0) is 0 Å². The zero-order valence-electron chi connectivity index (χ0n) is 17.5. The largest absolute Gasteiger partial charge is 0.486 e. The summed E-state index contributed by atoms with van der Waals surface area (Å²) >= 11 is 3.56. The molecule has 1 aliphatic rings. The van der Waals surface area contributed by atoms with E-state index in [4.69, 9.17) is 14.5 Å². The van der Waals surface area contributed by atoms with Gasteiger partial charge in [-0.15, -0.1) is 0 Å². The van der Waals surface area contributed by atoms with Crippen molar-refractivity contribution in [2.24, 2.45) is 0 Å². The summed E-state index contributed by atoms with van der Waals surface area (Å²) in [5, 5.41) is 0.937. The van der Waals surface area contributed by atoms with Crippen LogP contribution in [0.2, 0.25) is 0 Å². The third kappa shape index (κ3) is 3.92. The quantitative estimate of drug-likeness (QED) is 0.240. The van der Waals surface area contributed by atoms with Crippen LogP contribution in [0.15, 0.2) is 77.3 Å². The Labute approximate surface area is 194 Å². The minimum atomic E-state index is -0.0920. The number of nitrogens with zero attached hydrogens (tertiary/aromatic N) is 1. The number of carbonyl (C=O) groups excluding carboxylic acids is 1. The topological polar surface area (TPSA) is 48.4 Å². The van der Waals surface area contributed by atoms with Crippen molar-refractivity contribution >= 4 is 38.7 Å². The Morgan fingerprint density at radius 1 is 0.969 bits per heavy atom. The molecule has 2 heterocycles. The molecule has 0 amide bonds. The van der Waals surface area contributed by atoms with E-state index >= 15 is 0 Å². The summed E-state index contributed by atoms with van der Waals surface area (Å²) in [6, 6.07) is 21.6. The number of aryl methyl sites for hydroxylation is 1. The van der Waals surface area contributed by atoms with Crippen molar-refractivity contribution < 1.29 is 14.3 Å². The van der Waals surface area contributed by atoms with Crippen molar-refractivity contribution in [1.29, 1.82) is 0 Å². The van der Waals surface area contributed by atoms with E-state index in [-0.39, 0.29) is 5.78 Å². The van der Waals surface area contributed by atoms with Crippen LogP contribution >= 0.6 is 15.9 Å². The lowest BCUT2D eigenvalue weighted by molar-refractivity contribution is 0.104. The monoisotopic (exact) mass is 485 g/mol. The fraction of sp³-hybridized carbons (Fsp3) is 0.111. The second kappa shape index (κ2) is 8.60. The van der Waals surface area contributed by atoms with E-state index in [0.717, 1.165) is 37.8 Å². The van der Waals surface area contributed by atoms with Gasteiger partial charge >= 0.3 is 0 Å². The lowest BCUT2D eigenvalue weighted by Gasteiger charge is -2.18. The van der Waals surface area contributed by atoms with Crippen LogP contribution in [0, 0.1) is 6.92 Å². The van der Waals surface area contributed by atoms with Crippen LogP contribution in [0.4, 0.5) is 0 Å². The summed E-state index contributed by atoms with van der Waals surface area (Å²) in [6.45, 7) is 2.96. The molecule has 5 heteroatoms. The fourth-order valence-corrected chi connectivity index (χ4v) is 4.34. The lowest BCUT2D eigenvalue weighted by atomic mass is 9.92. The van der Waals surface area contributed by atoms with E-state index in [1.54, 1.807) is 12.2 Å². The highest BCUT2D eigenvalue weighted by molar-refractivity contribution is 9.10. The molecule has 0 saturated carbocycles. The summed E-state index contributed by atoms with van der Waals surface area (Å²) in [4.78, 5) is 18.2. The molecule has 0 aliphatic carbocycles. The van der Waals surface area contributed by atoms with E-state index < -0.39 is 0 Å². The molecule has 0 saturated heterocycles. The van der Waals surface area contributed by atoms with Crippen molar-refractivity contribution in [1.82, 2.24) is 4.98 Å². The maximum Gasteiger partial charge on any atom is 0.188 e. The van der Waals surface area contributed by atoms with Gasteiger partial charge in [0.25, 0.3) is 0 Å². The summed E-state index contributed by atoms with van der Waals surface area (Å²) in [7, 11) is 0. The highest BCUT2D eigenvalue weighted by Crippen LogP contribution is 2.35. The third-order valence-electron chi connectivity index (χ3n) is 5.43. The molecular formula is C27H20BrNO3.